The predicted molar refractivity (Wildman–Crippen MR) is 99.6 cm³/mol. The molecule has 0 spiro atoms. The van der Waals surface area contributed by atoms with Crippen LogP contribution in [0.3, 0.4) is 0 Å². The summed E-state index contributed by atoms with van der Waals surface area (Å²) < 4.78 is 19.6. The topological polar surface area (TPSA) is 61.2 Å². The van der Waals surface area contributed by atoms with Crippen LogP contribution < -0.4 is 0 Å². The first-order valence-corrected chi connectivity index (χ1v) is 8.21. The van der Waals surface area contributed by atoms with Crippen LogP contribution in [0, 0.1) is 5.82 Å². The lowest BCUT2D eigenvalue weighted by atomic mass is 10.0. The lowest BCUT2D eigenvalue weighted by molar-refractivity contribution is -0.137. The van der Waals surface area contributed by atoms with Crippen molar-refractivity contribution in [2.75, 3.05) is 7.11 Å². The number of hydrogen-bond donors (Lipinski definition) is 0. The van der Waals surface area contributed by atoms with E-state index < -0.39 is 11.8 Å². The van der Waals surface area contributed by atoms with Crippen LogP contribution >= 0.6 is 0 Å². The van der Waals surface area contributed by atoms with Crippen molar-refractivity contribution in [3.05, 3.63) is 77.7 Å². The van der Waals surface area contributed by atoms with E-state index >= 15 is 0 Å². The number of halogens is 1. The van der Waals surface area contributed by atoms with Gasteiger partial charge in [-0.25, -0.2) is 13.9 Å². The van der Waals surface area contributed by atoms with Gasteiger partial charge in [0.05, 0.1) is 18.5 Å². The maximum absolute atomic E-state index is 13.3. The van der Waals surface area contributed by atoms with Crippen molar-refractivity contribution in [2.45, 2.75) is 6.92 Å². The summed E-state index contributed by atoms with van der Waals surface area (Å²) in [6.07, 6.45) is 3.15. The zero-order valence-corrected chi connectivity index (χ0v) is 14.8. The van der Waals surface area contributed by atoms with Gasteiger partial charge in [-0.1, -0.05) is 18.2 Å². The zero-order valence-electron chi connectivity index (χ0n) is 14.8. The van der Waals surface area contributed by atoms with E-state index in [1.165, 1.54) is 32.2 Å². The molecule has 0 radical (unpaired) electrons. The summed E-state index contributed by atoms with van der Waals surface area (Å²) in [5.74, 6) is -1.50. The smallest absolute Gasteiger partial charge is 0.341 e. The minimum absolute atomic E-state index is 0.0894. The number of ether oxygens (including phenoxy) is 1. The molecule has 0 aliphatic rings. The summed E-state index contributed by atoms with van der Waals surface area (Å²) in [5, 5.41) is 4.56. The Bertz CT molecular complexity index is 1010. The standard InChI is InChI=1S/C21H17FN2O3/c1-14(25)19(21(26)27-2)12-16-13-24(18-6-4-3-5-7-18)23-20(16)15-8-10-17(22)11-9-15/h3-13H,1-2H3/b19-12-. The molecule has 0 saturated carbocycles. The van der Waals surface area contributed by atoms with E-state index in [4.69, 9.17) is 4.74 Å². The minimum Gasteiger partial charge on any atom is -0.465 e. The third-order valence-corrected chi connectivity index (χ3v) is 3.97. The van der Waals surface area contributed by atoms with Gasteiger partial charge in [0.15, 0.2) is 5.78 Å². The Labute approximate surface area is 155 Å². The van der Waals surface area contributed by atoms with Crippen molar-refractivity contribution in [2.24, 2.45) is 0 Å². The third kappa shape index (κ3) is 4.00. The van der Waals surface area contributed by atoms with Crippen LogP contribution in [-0.4, -0.2) is 28.6 Å². The molecule has 2 aromatic carbocycles. The van der Waals surface area contributed by atoms with Gasteiger partial charge in [0.25, 0.3) is 0 Å². The predicted octanol–water partition coefficient (Wildman–Crippen LogP) is 3.82. The molecule has 0 saturated heterocycles. The van der Waals surface area contributed by atoms with Crippen molar-refractivity contribution in [1.82, 2.24) is 9.78 Å². The van der Waals surface area contributed by atoms with Crippen LogP contribution in [0.2, 0.25) is 0 Å². The molecule has 0 unspecified atom stereocenters. The Hall–Kier alpha value is -3.54. The summed E-state index contributed by atoms with van der Waals surface area (Å²) in [7, 11) is 1.22. The van der Waals surface area contributed by atoms with E-state index in [0.717, 1.165) is 5.69 Å². The first-order chi connectivity index (χ1) is 13.0. The number of aromatic nitrogens is 2. The molecule has 0 amide bonds. The summed E-state index contributed by atoms with van der Waals surface area (Å²) in [4.78, 5) is 23.8. The lowest BCUT2D eigenvalue weighted by Gasteiger charge is -2.02. The lowest BCUT2D eigenvalue weighted by Crippen LogP contribution is -2.11. The minimum atomic E-state index is -0.722. The molecule has 5 nitrogen and oxygen atoms in total. The van der Waals surface area contributed by atoms with Crippen molar-refractivity contribution in [3.63, 3.8) is 0 Å². The normalized spacial score (nSPS) is 11.3. The van der Waals surface area contributed by atoms with Gasteiger partial charge in [-0.05, 0) is 49.4 Å². The highest BCUT2D eigenvalue weighted by Gasteiger charge is 2.18. The Morgan fingerprint density at radius 1 is 1.07 bits per heavy atom. The van der Waals surface area contributed by atoms with E-state index in [0.29, 0.717) is 16.8 Å². The first-order valence-electron chi connectivity index (χ1n) is 8.21. The SMILES string of the molecule is COC(=O)/C(=C\c1cn(-c2ccccc2)nc1-c1ccc(F)cc1)C(C)=O. The highest BCUT2D eigenvalue weighted by atomic mass is 19.1. The Balaban J connectivity index is 2.18. The molecule has 0 aliphatic carbocycles. The average molecular weight is 364 g/mol. The average Bonchev–Trinajstić information content (AvgIpc) is 3.10. The van der Waals surface area contributed by atoms with E-state index in [1.807, 2.05) is 30.3 Å². The van der Waals surface area contributed by atoms with E-state index in [-0.39, 0.29) is 11.4 Å². The van der Waals surface area contributed by atoms with Gasteiger partial charge < -0.3 is 4.74 Å². The van der Waals surface area contributed by atoms with E-state index in [1.54, 1.807) is 23.0 Å². The van der Waals surface area contributed by atoms with Gasteiger partial charge in [0.1, 0.15) is 11.4 Å². The van der Waals surface area contributed by atoms with Crippen LogP contribution in [0.15, 0.2) is 66.4 Å². The van der Waals surface area contributed by atoms with Gasteiger partial charge in [-0.15, -0.1) is 0 Å². The van der Waals surface area contributed by atoms with Crippen molar-refractivity contribution in [1.29, 1.82) is 0 Å². The number of carbonyl (C=O) groups excluding carboxylic acids is 2. The molecular formula is C21H17FN2O3. The van der Waals surface area contributed by atoms with Gasteiger partial charge in [-0.3, -0.25) is 4.79 Å². The first kappa shape index (κ1) is 18.3. The number of carbonyl (C=O) groups is 2. The highest BCUT2D eigenvalue weighted by Crippen LogP contribution is 2.26. The number of rotatable bonds is 5. The molecule has 27 heavy (non-hydrogen) atoms. The molecule has 0 bridgehead atoms. The van der Waals surface area contributed by atoms with Crippen LogP contribution in [0.4, 0.5) is 4.39 Å². The Morgan fingerprint density at radius 3 is 2.33 bits per heavy atom. The van der Waals surface area contributed by atoms with Gasteiger partial charge in [-0.2, -0.15) is 5.10 Å². The molecule has 0 atom stereocenters. The molecule has 136 valence electrons. The number of para-hydroxylation sites is 1. The fourth-order valence-corrected chi connectivity index (χ4v) is 2.61. The number of hydrogen-bond acceptors (Lipinski definition) is 4. The molecular weight excluding hydrogens is 347 g/mol. The third-order valence-electron chi connectivity index (χ3n) is 3.97. The number of benzene rings is 2. The summed E-state index contributed by atoms with van der Waals surface area (Å²) in [6, 6.07) is 15.2. The van der Waals surface area contributed by atoms with Gasteiger partial charge >= 0.3 is 5.97 Å². The van der Waals surface area contributed by atoms with Gasteiger partial charge in [0, 0.05) is 17.3 Å². The number of Topliss-reactive ketones (excluding diaryl/α,β-unsaturated/α-hetero) is 1. The number of methoxy groups -OCH3 is 1. The van der Waals surface area contributed by atoms with Crippen molar-refractivity contribution >= 4 is 17.8 Å². The molecule has 0 N–H and O–H groups in total. The van der Waals surface area contributed by atoms with Crippen LogP contribution in [0.25, 0.3) is 23.0 Å². The van der Waals surface area contributed by atoms with Crippen LogP contribution in [0.5, 0.6) is 0 Å². The van der Waals surface area contributed by atoms with Gasteiger partial charge in [0.2, 0.25) is 0 Å². The van der Waals surface area contributed by atoms with E-state index in [2.05, 4.69) is 5.10 Å². The van der Waals surface area contributed by atoms with Crippen molar-refractivity contribution in [3.8, 4) is 16.9 Å². The zero-order chi connectivity index (χ0) is 19.4. The Morgan fingerprint density at radius 2 is 1.74 bits per heavy atom. The maximum Gasteiger partial charge on any atom is 0.341 e. The molecule has 0 fully saturated rings. The molecule has 0 aliphatic heterocycles. The largest absolute Gasteiger partial charge is 0.465 e. The number of esters is 1. The number of ketones is 1. The van der Waals surface area contributed by atoms with Crippen LogP contribution in [-0.2, 0) is 14.3 Å². The highest BCUT2D eigenvalue weighted by molar-refractivity contribution is 6.20. The molecule has 3 aromatic rings. The fraction of sp³-hybridized carbons (Fsp3) is 0.0952. The Kier molecular flexibility index (Phi) is 5.26. The molecule has 1 heterocycles. The molecule has 3 rings (SSSR count). The maximum atomic E-state index is 13.3. The quantitative estimate of drug-likeness (QED) is 0.299. The fourth-order valence-electron chi connectivity index (χ4n) is 2.61. The van der Waals surface area contributed by atoms with Crippen molar-refractivity contribution < 1.29 is 18.7 Å². The summed E-state index contributed by atoms with van der Waals surface area (Å²) >= 11 is 0. The summed E-state index contributed by atoms with van der Waals surface area (Å²) in [5.41, 5.74) is 2.43. The summed E-state index contributed by atoms with van der Waals surface area (Å²) in [6.45, 7) is 1.29. The molecule has 1 aromatic heterocycles. The monoisotopic (exact) mass is 364 g/mol. The van der Waals surface area contributed by atoms with E-state index in [9.17, 15) is 14.0 Å². The second-order valence-electron chi connectivity index (χ2n) is 5.83. The second-order valence-corrected chi connectivity index (χ2v) is 5.83. The molecule has 6 heteroatoms. The van der Waals surface area contributed by atoms with Crippen LogP contribution in [0.1, 0.15) is 12.5 Å². The second kappa shape index (κ2) is 7.78. The number of nitrogens with zero attached hydrogens (tertiary/aromatic N) is 2.